The van der Waals surface area contributed by atoms with Crippen LogP contribution in [0.25, 0.3) is 22.0 Å². The molecule has 1 aromatic heterocycles. The normalized spacial score (nSPS) is 11.5. The maximum Gasteiger partial charge on any atom is 0.573 e. The van der Waals surface area contributed by atoms with Gasteiger partial charge < -0.3 is 9.72 Å². The van der Waals surface area contributed by atoms with E-state index in [9.17, 15) is 17.6 Å². The predicted octanol–water partition coefficient (Wildman–Crippen LogP) is 4.94. The van der Waals surface area contributed by atoms with Crippen molar-refractivity contribution in [3.8, 4) is 22.9 Å². The summed E-state index contributed by atoms with van der Waals surface area (Å²) in [5.41, 5.74) is 0.872. The number of hydrogen-bond donors (Lipinski definition) is 1. The number of rotatable bonds is 3. The van der Waals surface area contributed by atoms with Gasteiger partial charge in [-0.25, -0.2) is 4.39 Å². The highest BCUT2D eigenvalue weighted by molar-refractivity contribution is 5.90. The molecule has 0 atom stereocenters. The maximum absolute atomic E-state index is 14.9. The van der Waals surface area contributed by atoms with Crippen molar-refractivity contribution in [2.45, 2.75) is 12.8 Å². The molecule has 0 saturated heterocycles. The molecule has 3 nitrogen and oxygen atoms in total. The van der Waals surface area contributed by atoms with Gasteiger partial charge in [0.2, 0.25) is 0 Å². The highest BCUT2D eigenvalue weighted by atomic mass is 19.4. The number of nitrogens with zero attached hydrogens (tertiary/aromatic N) is 1. The lowest BCUT2D eigenvalue weighted by Gasteiger charge is -2.14. The molecule has 0 bridgehead atoms. The Bertz CT molecular complexity index is 938. The summed E-state index contributed by atoms with van der Waals surface area (Å²) in [7, 11) is 0. The average molecular weight is 334 g/mol. The van der Waals surface area contributed by atoms with Crippen LogP contribution in [0.4, 0.5) is 17.6 Å². The van der Waals surface area contributed by atoms with Gasteiger partial charge in [-0.15, -0.1) is 13.2 Å². The monoisotopic (exact) mass is 334 g/mol. The molecule has 3 rings (SSSR count). The van der Waals surface area contributed by atoms with Gasteiger partial charge in [0.1, 0.15) is 11.6 Å². The molecule has 24 heavy (non-hydrogen) atoms. The van der Waals surface area contributed by atoms with Crippen LogP contribution in [0, 0.1) is 17.1 Å². The third kappa shape index (κ3) is 2.91. The summed E-state index contributed by atoms with van der Waals surface area (Å²) >= 11 is 0. The predicted molar refractivity (Wildman–Crippen MR) is 79.7 cm³/mol. The lowest BCUT2D eigenvalue weighted by atomic mass is 10.00. The summed E-state index contributed by atoms with van der Waals surface area (Å²) in [4.78, 5) is 2.84. The van der Waals surface area contributed by atoms with Crippen molar-refractivity contribution in [3.05, 3.63) is 54.0 Å². The fourth-order valence-corrected chi connectivity index (χ4v) is 2.58. The molecule has 0 aliphatic heterocycles. The number of benzene rings is 2. The number of halogens is 4. The Morgan fingerprint density at radius 1 is 1.08 bits per heavy atom. The number of nitriles is 1. The Hall–Kier alpha value is -3.01. The van der Waals surface area contributed by atoms with Gasteiger partial charge in [-0.05, 0) is 23.8 Å². The highest BCUT2D eigenvalue weighted by Gasteiger charge is 2.32. The Labute approximate surface area is 134 Å². The number of alkyl halides is 3. The molecule has 0 spiro atoms. The van der Waals surface area contributed by atoms with Crippen molar-refractivity contribution in [2.75, 3.05) is 0 Å². The number of aromatic amines is 1. The minimum absolute atomic E-state index is 0.0128. The summed E-state index contributed by atoms with van der Waals surface area (Å²) < 4.78 is 56.6. The van der Waals surface area contributed by atoms with Crippen LogP contribution in [0.2, 0.25) is 0 Å². The molecule has 7 heteroatoms. The molecule has 0 aliphatic rings. The second-order valence-corrected chi connectivity index (χ2v) is 5.04. The van der Waals surface area contributed by atoms with E-state index in [2.05, 4.69) is 9.72 Å². The van der Waals surface area contributed by atoms with E-state index in [1.165, 1.54) is 30.5 Å². The fourth-order valence-electron chi connectivity index (χ4n) is 2.58. The van der Waals surface area contributed by atoms with Crippen LogP contribution in [0.3, 0.4) is 0 Å². The standard InChI is InChI=1S/C17H10F4N2O/c18-16-12(5-6-13-15(16)10(7-8-22)9-23-13)11-3-1-2-4-14(11)24-17(19,20)21/h1-6,9,23H,7H2. The van der Waals surface area contributed by atoms with Gasteiger partial charge in [0.25, 0.3) is 0 Å². The lowest BCUT2D eigenvalue weighted by molar-refractivity contribution is -0.274. The van der Waals surface area contributed by atoms with E-state index in [4.69, 9.17) is 5.26 Å². The zero-order valence-corrected chi connectivity index (χ0v) is 12.1. The van der Waals surface area contributed by atoms with E-state index in [0.717, 1.165) is 6.07 Å². The maximum atomic E-state index is 14.9. The van der Waals surface area contributed by atoms with Crippen LogP contribution in [0.5, 0.6) is 5.75 Å². The van der Waals surface area contributed by atoms with E-state index in [1.807, 2.05) is 6.07 Å². The molecule has 0 amide bonds. The van der Waals surface area contributed by atoms with Gasteiger partial charge in [0, 0.05) is 28.2 Å². The van der Waals surface area contributed by atoms with Crippen molar-refractivity contribution in [1.29, 1.82) is 5.26 Å². The summed E-state index contributed by atoms with van der Waals surface area (Å²) in [5.74, 6) is -1.18. The van der Waals surface area contributed by atoms with E-state index < -0.39 is 17.9 Å². The summed E-state index contributed by atoms with van der Waals surface area (Å²) in [6.45, 7) is 0. The first-order valence-electron chi connectivity index (χ1n) is 6.91. The van der Waals surface area contributed by atoms with Crippen LogP contribution in [0.1, 0.15) is 5.56 Å². The quantitative estimate of drug-likeness (QED) is 0.690. The Morgan fingerprint density at radius 2 is 1.83 bits per heavy atom. The molecule has 1 heterocycles. The van der Waals surface area contributed by atoms with E-state index in [-0.39, 0.29) is 22.9 Å². The van der Waals surface area contributed by atoms with Gasteiger partial charge in [0.05, 0.1) is 12.5 Å². The topological polar surface area (TPSA) is 48.8 Å². The van der Waals surface area contributed by atoms with Crippen molar-refractivity contribution in [1.82, 2.24) is 4.98 Å². The first-order chi connectivity index (χ1) is 11.4. The van der Waals surface area contributed by atoms with Crippen molar-refractivity contribution in [3.63, 3.8) is 0 Å². The zero-order chi connectivity index (χ0) is 17.3. The van der Waals surface area contributed by atoms with Gasteiger partial charge in [-0.2, -0.15) is 5.26 Å². The van der Waals surface area contributed by atoms with E-state index in [1.54, 1.807) is 6.07 Å². The molecule has 0 saturated carbocycles. The summed E-state index contributed by atoms with van der Waals surface area (Å²) in [5, 5.41) is 9.01. The highest BCUT2D eigenvalue weighted by Crippen LogP contribution is 2.37. The Balaban J connectivity index is 2.19. The van der Waals surface area contributed by atoms with E-state index in [0.29, 0.717) is 11.1 Å². The molecule has 0 radical (unpaired) electrons. The molecule has 1 N–H and O–H groups in total. The smallest absolute Gasteiger partial charge is 0.405 e. The largest absolute Gasteiger partial charge is 0.573 e. The molecular formula is C17H10F4N2O. The van der Waals surface area contributed by atoms with Crippen LogP contribution < -0.4 is 4.74 Å². The summed E-state index contributed by atoms with van der Waals surface area (Å²) in [6, 6.07) is 10.2. The minimum Gasteiger partial charge on any atom is -0.405 e. The second-order valence-electron chi connectivity index (χ2n) is 5.04. The fraction of sp³-hybridized carbons (Fsp3) is 0.118. The second kappa shape index (κ2) is 5.89. The zero-order valence-electron chi connectivity index (χ0n) is 12.1. The van der Waals surface area contributed by atoms with Crippen LogP contribution >= 0.6 is 0 Å². The number of hydrogen-bond acceptors (Lipinski definition) is 2. The first kappa shape index (κ1) is 15.9. The number of para-hydroxylation sites is 1. The number of ether oxygens (including phenoxy) is 1. The number of aromatic nitrogens is 1. The van der Waals surface area contributed by atoms with Crippen molar-refractivity contribution >= 4 is 10.9 Å². The Morgan fingerprint density at radius 3 is 2.54 bits per heavy atom. The van der Waals surface area contributed by atoms with Gasteiger partial charge >= 0.3 is 6.36 Å². The van der Waals surface area contributed by atoms with Gasteiger partial charge in [-0.3, -0.25) is 0 Å². The SMILES string of the molecule is N#CCc1c[nH]c2ccc(-c3ccccc3OC(F)(F)F)c(F)c12. The minimum atomic E-state index is -4.88. The Kier molecular flexibility index (Phi) is 3.89. The molecule has 3 aromatic rings. The number of H-pyrrole nitrogens is 1. The van der Waals surface area contributed by atoms with Crippen LogP contribution in [-0.4, -0.2) is 11.3 Å². The molecule has 2 aromatic carbocycles. The molecule has 0 unspecified atom stereocenters. The van der Waals surface area contributed by atoms with Crippen LogP contribution in [-0.2, 0) is 6.42 Å². The third-order valence-electron chi connectivity index (χ3n) is 3.54. The van der Waals surface area contributed by atoms with Gasteiger partial charge in [-0.1, -0.05) is 18.2 Å². The van der Waals surface area contributed by atoms with Gasteiger partial charge in [0.15, 0.2) is 0 Å². The molecule has 0 aliphatic carbocycles. The molecular weight excluding hydrogens is 324 g/mol. The molecule has 0 fully saturated rings. The number of fused-ring (bicyclic) bond motifs is 1. The van der Waals surface area contributed by atoms with E-state index >= 15 is 0 Å². The summed E-state index contributed by atoms with van der Waals surface area (Å²) in [6.07, 6.45) is -3.38. The van der Waals surface area contributed by atoms with Crippen molar-refractivity contribution in [2.24, 2.45) is 0 Å². The third-order valence-corrected chi connectivity index (χ3v) is 3.54. The lowest BCUT2D eigenvalue weighted by Crippen LogP contribution is -2.17. The van der Waals surface area contributed by atoms with Crippen molar-refractivity contribution < 1.29 is 22.3 Å². The van der Waals surface area contributed by atoms with Crippen LogP contribution in [0.15, 0.2) is 42.6 Å². The average Bonchev–Trinajstić information content (AvgIpc) is 2.91. The number of nitrogens with one attached hydrogen (secondary N) is 1. The molecule has 122 valence electrons. The first-order valence-corrected chi connectivity index (χ1v) is 6.91.